The standard InChI is InChI=1S/C20H27N3O/c1-15-8-10-17(11-9-15)19(23(2)3)14-22-20(24)13-12-16-6-4-5-7-18(16)21/h4-11,19H,12-14,21H2,1-3H3,(H,22,24). The van der Waals surface area contributed by atoms with Gasteiger partial charge in [0.25, 0.3) is 0 Å². The first-order chi connectivity index (χ1) is 11.5. The van der Waals surface area contributed by atoms with Crippen LogP contribution in [0.4, 0.5) is 5.69 Å². The van der Waals surface area contributed by atoms with Crippen molar-refractivity contribution in [1.82, 2.24) is 10.2 Å². The number of benzene rings is 2. The SMILES string of the molecule is Cc1ccc(C(CNC(=O)CCc2ccccc2N)N(C)C)cc1. The number of rotatable bonds is 7. The van der Waals surface area contributed by atoms with Crippen LogP contribution in [0.2, 0.25) is 0 Å². The van der Waals surface area contributed by atoms with Crippen LogP contribution in [-0.4, -0.2) is 31.4 Å². The molecule has 4 nitrogen and oxygen atoms in total. The van der Waals surface area contributed by atoms with Gasteiger partial charge >= 0.3 is 0 Å². The van der Waals surface area contributed by atoms with Crippen molar-refractivity contribution in [3.05, 3.63) is 65.2 Å². The molecule has 0 heterocycles. The first kappa shape index (κ1) is 18.0. The van der Waals surface area contributed by atoms with Gasteiger partial charge in [0, 0.05) is 18.7 Å². The largest absolute Gasteiger partial charge is 0.399 e. The van der Waals surface area contributed by atoms with E-state index in [1.807, 2.05) is 38.4 Å². The molecule has 0 saturated carbocycles. The van der Waals surface area contributed by atoms with E-state index in [2.05, 4.69) is 41.4 Å². The second-order valence-electron chi connectivity index (χ2n) is 6.39. The Morgan fingerprint density at radius 2 is 1.79 bits per heavy atom. The molecule has 128 valence electrons. The molecule has 2 aromatic carbocycles. The minimum Gasteiger partial charge on any atom is -0.399 e. The summed E-state index contributed by atoms with van der Waals surface area (Å²) in [6, 6.07) is 16.3. The summed E-state index contributed by atoms with van der Waals surface area (Å²) in [6.07, 6.45) is 1.11. The van der Waals surface area contributed by atoms with Crippen LogP contribution in [0.1, 0.15) is 29.2 Å². The van der Waals surface area contributed by atoms with Crippen LogP contribution < -0.4 is 11.1 Å². The molecule has 24 heavy (non-hydrogen) atoms. The Kier molecular flexibility index (Phi) is 6.38. The van der Waals surface area contributed by atoms with Crippen LogP contribution in [-0.2, 0) is 11.2 Å². The molecular weight excluding hydrogens is 298 g/mol. The van der Waals surface area contributed by atoms with Crippen molar-refractivity contribution in [3.63, 3.8) is 0 Å². The molecule has 0 aliphatic carbocycles. The molecule has 1 atom stereocenters. The van der Waals surface area contributed by atoms with E-state index in [-0.39, 0.29) is 11.9 Å². The van der Waals surface area contributed by atoms with Gasteiger partial charge in [-0.1, -0.05) is 48.0 Å². The zero-order valence-electron chi connectivity index (χ0n) is 14.8. The molecule has 0 aliphatic heterocycles. The van der Waals surface area contributed by atoms with Crippen LogP contribution in [0.3, 0.4) is 0 Å². The molecular formula is C20H27N3O. The number of carbonyl (C=O) groups is 1. The van der Waals surface area contributed by atoms with Crippen LogP contribution in [0.15, 0.2) is 48.5 Å². The van der Waals surface area contributed by atoms with Crippen molar-refractivity contribution in [1.29, 1.82) is 0 Å². The van der Waals surface area contributed by atoms with Crippen molar-refractivity contribution in [2.24, 2.45) is 0 Å². The van der Waals surface area contributed by atoms with Crippen LogP contribution in [0.25, 0.3) is 0 Å². The Bertz CT molecular complexity index is 665. The van der Waals surface area contributed by atoms with Gasteiger partial charge in [-0.05, 0) is 44.6 Å². The average molecular weight is 325 g/mol. The number of nitrogen functional groups attached to an aromatic ring is 1. The maximum atomic E-state index is 12.2. The molecule has 2 aromatic rings. The highest BCUT2D eigenvalue weighted by molar-refractivity contribution is 5.76. The van der Waals surface area contributed by atoms with Gasteiger partial charge in [-0.2, -0.15) is 0 Å². The summed E-state index contributed by atoms with van der Waals surface area (Å²) in [5.74, 6) is 0.0530. The lowest BCUT2D eigenvalue weighted by Crippen LogP contribution is -2.34. The van der Waals surface area contributed by atoms with Crippen molar-refractivity contribution in [3.8, 4) is 0 Å². The summed E-state index contributed by atoms with van der Waals surface area (Å²) < 4.78 is 0. The van der Waals surface area contributed by atoms with E-state index in [1.165, 1.54) is 11.1 Å². The molecule has 2 rings (SSSR count). The average Bonchev–Trinajstić information content (AvgIpc) is 2.55. The minimum atomic E-state index is 0.0530. The minimum absolute atomic E-state index is 0.0530. The van der Waals surface area contributed by atoms with Gasteiger partial charge < -0.3 is 16.0 Å². The molecule has 1 amide bonds. The number of aryl methyl sites for hydroxylation is 2. The number of carbonyl (C=O) groups excluding carboxylic acids is 1. The Morgan fingerprint density at radius 3 is 2.42 bits per heavy atom. The number of hydrogen-bond donors (Lipinski definition) is 2. The van der Waals surface area contributed by atoms with Gasteiger partial charge in [-0.15, -0.1) is 0 Å². The second-order valence-corrected chi connectivity index (χ2v) is 6.39. The predicted molar refractivity (Wildman–Crippen MR) is 99.8 cm³/mol. The lowest BCUT2D eigenvalue weighted by molar-refractivity contribution is -0.121. The quantitative estimate of drug-likeness (QED) is 0.770. The van der Waals surface area contributed by atoms with E-state index in [9.17, 15) is 4.79 Å². The lowest BCUT2D eigenvalue weighted by atomic mass is 10.0. The highest BCUT2D eigenvalue weighted by atomic mass is 16.1. The number of likely N-dealkylation sites (N-methyl/N-ethyl adjacent to an activating group) is 1. The summed E-state index contributed by atoms with van der Waals surface area (Å²) in [4.78, 5) is 14.3. The maximum Gasteiger partial charge on any atom is 0.220 e. The molecule has 0 aromatic heterocycles. The van der Waals surface area contributed by atoms with E-state index in [0.29, 0.717) is 19.4 Å². The first-order valence-electron chi connectivity index (χ1n) is 8.30. The van der Waals surface area contributed by atoms with Gasteiger partial charge in [0.05, 0.1) is 6.04 Å². The van der Waals surface area contributed by atoms with Crippen LogP contribution in [0.5, 0.6) is 0 Å². The predicted octanol–water partition coefficient (Wildman–Crippen LogP) is 2.93. The Morgan fingerprint density at radius 1 is 1.12 bits per heavy atom. The van der Waals surface area contributed by atoms with Crippen molar-refractivity contribution in [2.45, 2.75) is 25.8 Å². The molecule has 0 aliphatic rings. The van der Waals surface area contributed by atoms with E-state index in [0.717, 1.165) is 11.3 Å². The molecule has 0 saturated heterocycles. The summed E-state index contributed by atoms with van der Waals surface area (Å²) in [6.45, 7) is 2.67. The van der Waals surface area contributed by atoms with E-state index < -0.39 is 0 Å². The van der Waals surface area contributed by atoms with Crippen LogP contribution >= 0.6 is 0 Å². The number of nitrogens with two attached hydrogens (primary N) is 1. The lowest BCUT2D eigenvalue weighted by Gasteiger charge is -2.25. The monoisotopic (exact) mass is 325 g/mol. The molecule has 0 radical (unpaired) electrons. The Balaban J connectivity index is 1.88. The topological polar surface area (TPSA) is 58.4 Å². The molecule has 1 unspecified atom stereocenters. The number of para-hydroxylation sites is 1. The van der Waals surface area contributed by atoms with Crippen molar-refractivity contribution in [2.75, 3.05) is 26.4 Å². The number of hydrogen-bond acceptors (Lipinski definition) is 3. The van der Waals surface area contributed by atoms with Crippen LogP contribution in [0, 0.1) is 6.92 Å². The number of anilines is 1. The fraction of sp³-hybridized carbons (Fsp3) is 0.350. The van der Waals surface area contributed by atoms with Gasteiger partial charge in [0.1, 0.15) is 0 Å². The maximum absolute atomic E-state index is 12.2. The van der Waals surface area contributed by atoms with Crippen molar-refractivity contribution >= 4 is 11.6 Å². The molecule has 4 heteroatoms. The van der Waals surface area contributed by atoms with Gasteiger partial charge in [-0.3, -0.25) is 4.79 Å². The molecule has 0 fully saturated rings. The zero-order chi connectivity index (χ0) is 17.5. The van der Waals surface area contributed by atoms with Crippen molar-refractivity contribution < 1.29 is 4.79 Å². The molecule has 0 spiro atoms. The van der Waals surface area contributed by atoms with Gasteiger partial charge in [0.15, 0.2) is 0 Å². The fourth-order valence-electron chi connectivity index (χ4n) is 2.70. The van der Waals surface area contributed by atoms with Gasteiger partial charge in [0.2, 0.25) is 5.91 Å². The summed E-state index contributed by atoms with van der Waals surface area (Å²) in [5.41, 5.74) is 10.1. The zero-order valence-corrected chi connectivity index (χ0v) is 14.8. The third kappa shape index (κ3) is 5.10. The van der Waals surface area contributed by atoms with E-state index >= 15 is 0 Å². The second kappa shape index (κ2) is 8.50. The number of nitrogens with one attached hydrogen (secondary N) is 1. The summed E-state index contributed by atoms with van der Waals surface area (Å²) in [7, 11) is 4.06. The Labute approximate surface area is 144 Å². The highest BCUT2D eigenvalue weighted by Gasteiger charge is 2.15. The summed E-state index contributed by atoms with van der Waals surface area (Å²) >= 11 is 0. The first-order valence-corrected chi connectivity index (χ1v) is 8.30. The van der Waals surface area contributed by atoms with E-state index in [4.69, 9.17) is 5.73 Å². The van der Waals surface area contributed by atoms with E-state index in [1.54, 1.807) is 0 Å². The van der Waals surface area contributed by atoms with Gasteiger partial charge in [-0.25, -0.2) is 0 Å². The number of amides is 1. The number of nitrogens with zero attached hydrogens (tertiary/aromatic N) is 1. The Hall–Kier alpha value is -2.33. The smallest absolute Gasteiger partial charge is 0.220 e. The molecule has 0 bridgehead atoms. The third-order valence-electron chi connectivity index (χ3n) is 4.25. The summed E-state index contributed by atoms with van der Waals surface area (Å²) in [5, 5.41) is 3.05. The highest BCUT2D eigenvalue weighted by Crippen LogP contribution is 2.18. The normalized spacial score (nSPS) is 12.2. The molecule has 3 N–H and O–H groups in total. The fourth-order valence-corrected chi connectivity index (χ4v) is 2.70. The third-order valence-corrected chi connectivity index (χ3v) is 4.25.